The molecule has 0 spiro atoms. The smallest absolute Gasteiger partial charge is 0.220 e. The molecule has 0 radical (unpaired) electrons. The number of nitrogens with two attached hydrogens (primary N) is 1. The summed E-state index contributed by atoms with van der Waals surface area (Å²) in [6, 6.07) is 5.22. The molecule has 0 aromatic heterocycles. The monoisotopic (exact) mass is 287 g/mol. The molecule has 4 nitrogen and oxygen atoms in total. The third-order valence-corrected chi connectivity index (χ3v) is 3.19. The summed E-state index contributed by atoms with van der Waals surface area (Å²) < 4.78 is 0.924. The molecule has 0 saturated heterocycles. The molecule has 0 saturated carbocycles. The highest BCUT2D eigenvalue weighted by molar-refractivity contribution is 9.10. The van der Waals surface area contributed by atoms with Crippen molar-refractivity contribution in [3.8, 4) is 0 Å². The first-order chi connectivity index (χ1) is 7.41. The Balaban J connectivity index is 2.83. The fourth-order valence-electron chi connectivity index (χ4n) is 1.39. The quantitative estimate of drug-likeness (QED) is 0.773. The first kappa shape index (κ1) is 13.2. The van der Waals surface area contributed by atoms with Crippen molar-refractivity contribution in [1.82, 2.24) is 0 Å². The van der Waals surface area contributed by atoms with Crippen LogP contribution in [0.3, 0.4) is 0 Å². The molecule has 16 heavy (non-hydrogen) atoms. The number of aliphatic hydroxyl groups excluding tert-OH is 2. The number of amides is 1. The van der Waals surface area contributed by atoms with E-state index in [0.29, 0.717) is 5.56 Å². The molecule has 2 atom stereocenters. The van der Waals surface area contributed by atoms with E-state index in [2.05, 4.69) is 15.9 Å². The van der Waals surface area contributed by atoms with E-state index in [4.69, 9.17) is 5.73 Å². The van der Waals surface area contributed by atoms with Crippen LogP contribution in [-0.4, -0.2) is 22.2 Å². The van der Waals surface area contributed by atoms with E-state index in [1.54, 1.807) is 18.2 Å². The van der Waals surface area contributed by atoms with Gasteiger partial charge in [-0.05, 0) is 24.1 Å². The van der Waals surface area contributed by atoms with Gasteiger partial charge in [-0.3, -0.25) is 4.79 Å². The van der Waals surface area contributed by atoms with Gasteiger partial charge in [0, 0.05) is 4.47 Å². The predicted molar refractivity (Wildman–Crippen MR) is 63.7 cm³/mol. The molecular weight excluding hydrogens is 274 g/mol. The summed E-state index contributed by atoms with van der Waals surface area (Å²) in [4.78, 5) is 10.6. The first-order valence-corrected chi connectivity index (χ1v) is 5.61. The van der Waals surface area contributed by atoms with Crippen LogP contribution in [0.1, 0.15) is 23.7 Å². The van der Waals surface area contributed by atoms with E-state index < -0.39 is 18.1 Å². The second-order valence-corrected chi connectivity index (χ2v) is 4.55. The fraction of sp³-hybridized carbons (Fsp3) is 0.364. The number of halogens is 1. The summed E-state index contributed by atoms with van der Waals surface area (Å²) in [5, 5.41) is 19.3. The molecule has 4 N–H and O–H groups in total. The molecule has 88 valence electrons. The zero-order chi connectivity index (χ0) is 12.3. The van der Waals surface area contributed by atoms with Crippen LogP contribution in [0.15, 0.2) is 22.7 Å². The second-order valence-electron chi connectivity index (χ2n) is 3.69. The minimum Gasteiger partial charge on any atom is -0.390 e. The molecule has 1 aromatic rings. The number of aliphatic hydroxyl groups is 2. The van der Waals surface area contributed by atoms with Crippen molar-refractivity contribution in [1.29, 1.82) is 0 Å². The molecule has 0 aliphatic rings. The normalized spacial score (nSPS) is 14.5. The number of aryl methyl sites for hydroxylation is 1. The van der Waals surface area contributed by atoms with Crippen molar-refractivity contribution < 1.29 is 15.0 Å². The molecule has 1 aromatic carbocycles. The average Bonchev–Trinajstić information content (AvgIpc) is 2.20. The molecule has 0 aliphatic carbocycles. The lowest BCUT2D eigenvalue weighted by Gasteiger charge is -2.17. The van der Waals surface area contributed by atoms with Gasteiger partial charge in [-0.2, -0.15) is 0 Å². The summed E-state index contributed by atoms with van der Waals surface area (Å²) in [5.74, 6) is -0.639. The van der Waals surface area contributed by atoms with Gasteiger partial charge in [0.15, 0.2) is 0 Å². The van der Waals surface area contributed by atoms with Gasteiger partial charge >= 0.3 is 0 Å². The highest BCUT2D eigenvalue weighted by Crippen LogP contribution is 2.24. The van der Waals surface area contributed by atoms with Crippen molar-refractivity contribution in [3.63, 3.8) is 0 Å². The highest BCUT2D eigenvalue weighted by atomic mass is 79.9. The number of carbonyl (C=O) groups is 1. The molecule has 2 unspecified atom stereocenters. The maximum atomic E-state index is 10.6. The van der Waals surface area contributed by atoms with Gasteiger partial charge < -0.3 is 15.9 Å². The Morgan fingerprint density at radius 2 is 2.12 bits per heavy atom. The second kappa shape index (κ2) is 5.43. The number of hydrogen-bond donors (Lipinski definition) is 3. The van der Waals surface area contributed by atoms with E-state index in [-0.39, 0.29) is 6.42 Å². The highest BCUT2D eigenvalue weighted by Gasteiger charge is 2.20. The number of hydrogen-bond acceptors (Lipinski definition) is 3. The third-order valence-electron chi connectivity index (χ3n) is 2.30. The zero-order valence-corrected chi connectivity index (χ0v) is 10.4. The minimum atomic E-state index is -1.17. The lowest BCUT2D eigenvalue weighted by molar-refractivity contribution is -0.121. The van der Waals surface area contributed by atoms with Gasteiger partial charge in [-0.1, -0.05) is 28.1 Å². The van der Waals surface area contributed by atoms with Crippen molar-refractivity contribution in [2.24, 2.45) is 5.73 Å². The molecule has 1 amide bonds. The van der Waals surface area contributed by atoms with Crippen LogP contribution >= 0.6 is 15.9 Å². The largest absolute Gasteiger partial charge is 0.390 e. The van der Waals surface area contributed by atoms with Crippen LogP contribution < -0.4 is 5.73 Å². The molecule has 0 bridgehead atoms. The van der Waals surface area contributed by atoms with Gasteiger partial charge in [0.1, 0.15) is 6.10 Å². The van der Waals surface area contributed by atoms with Crippen molar-refractivity contribution >= 4 is 21.8 Å². The Bertz CT molecular complexity index is 395. The van der Waals surface area contributed by atoms with Crippen LogP contribution in [-0.2, 0) is 4.79 Å². The Hall–Kier alpha value is -0.910. The summed E-state index contributed by atoms with van der Waals surface area (Å²) >= 11 is 3.34. The average molecular weight is 288 g/mol. The number of rotatable bonds is 4. The summed E-state index contributed by atoms with van der Waals surface area (Å²) in [7, 11) is 0. The molecule has 0 aliphatic heterocycles. The Morgan fingerprint density at radius 1 is 1.50 bits per heavy atom. The standard InChI is InChI=1S/C11H14BrNO3/c1-6-4-7(2-3-8(6)12)11(16)9(14)5-10(13)15/h2-4,9,11,14,16H,5H2,1H3,(H2,13,15). The van der Waals surface area contributed by atoms with Crippen molar-refractivity contribution in [2.75, 3.05) is 0 Å². The van der Waals surface area contributed by atoms with Crippen molar-refractivity contribution in [2.45, 2.75) is 25.6 Å². The van der Waals surface area contributed by atoms with Gasteiger partial charge in [0.25, 0.3) is 0 Å². The van der Waals surface area contributed by atoms with E-state index in [0.717, 1.165) is 10.0 Å². The van der Waals surface area contributed by atoms with Gasteiger partial charge in [-0.15, -0.1) is 0 Å². The minimum absolute atomic E-state index is 0.254. The number of carbonyl (C=O) groups excluding carboxylic acids is 1. The molecule has 1 rings (SSSR count). The maximum Gasteiger partial charge on any atom is 0.220 e. The van der Waals surface area contributed by atoms with Gasteiger partial charge in [0.2, 0.25) is 5.91 Å². The van der Waals surface area contributed by atoms with Crippen LogP contribution in [0.2, 0.25) is 0 Å². The van der Waals surface area contributed by atoms with Gasteiger partial charge in [0.05, 0.1) is 12.5 Å². The van der Waals surface area contributed by atoms with Gasteiger partial charge in [-0.25, -0.2) is 0 Å². The number of benzene rings is 1. The van der Waals surface area contributed by atoms with Crippen LogP contribution in [0, 0.1) is 6.92 Å². The van der Waals surface area contributed by atoms with Crippen LogP contribution in [0.25, 0.3) is 0 Å². The van der Waals surface area contributed by atoms with Crippen LogP contribution in [0.4, 0.5) is 0 Å². The van der Waals surface area contributed by atoms with Crippen molar-refractivity contribution in [3.05, 3.63) is 33.8 Å². The predicted octanol–water partition coefficient (Wildman–Crippen LogP) is 1.03. The summed E-state index contributed by atoms with van der Waals surface area (Å²) in [6.07, 6.45) is -2.52. The third kappa shape index (κ3) is 3.30. The lowest BCUT2D eigenvalue weighted by Crippen LogP contribution is -2.25. The number of primary amides is 1. The zero-order valence-electron chi connectivity index (χ0n) is 8.85. The van der Waals surface area contributed by atoms with Crippen LogP contribution in [0.5, 0.6) is 0 Å². The lowest BCUT2D eigenvalue weighted by atomic mass is 10.0. The molecule has 0 heterocycles. The van der Waals surface area contributed by atoms with E-state index in [1.807, 2.05) is 6.92 Å². The molecule has 0 fully saturated rings. The molecule has 5 heteroatoms. The Morgan fingerprint density at radius 3 is 2.62 bits per heavy atom. The van der Waals surface area contributed by atoms with E-state index >= 15 is 0 Å². The maximum absolute atomic E-state index is 10.6. The summed E-state index contributed by atoms with van der Waals surface area (Å²) in [5.41, 5.74) is 6.46. The SMILES string of the molecule is Cc1cc(C(O)C(O)CC(N)=O)ccc1Br. The Labute approximate surface area is 102 Å². The fourth-order valence-corrected chi connectivity index (χ4v) is 1.64. The molecular formula is C11H14BrNO3. The first-order valence-electron chi connectivity index (χ1n) is 4.82. The topological polar surface area (TPSA) is 83.6 Å². The van der Waals surface area contributed by atoms with E-state index in [9.17, 15) is 15.0 Å². The summed E-state index contributed by atoms with van der Waals surface area (Å²) in [6.45, 7) is 1.88. The Kier molecular flexibility index (Phi) is 4.46. The van der Waals surface area contributed by atoms with E-state index in [1.165, 1.54) is 0 Å².